The number of rotatable bonds is 1. The number of fused-ring (bicyclic) bond motifs is 1. The average molecular weight is 263 g/mol. The van der Waals surface area contributed by atoms with Gasteiger partial charge in [0.15, 0.2) is 0 Å². The predicted molar refractivity (Wildman–Crippen MR) is 74.6 cm³/mol. The van der Waals surface area contributed by atoms with Crippen molar-refractivity contribution in [2.75, 3.05) is 12.0 Å². The van der Waals surface area contributed by atoms with Crippen LogP contribution in [0.5, 0.6) is 0 Å². The number of anilines is 1. The summed E-state index contributed by atoms with van der Waals surface area (Å²) in [5.41, 5.74) is 5.40. The standard InChI is InChI=1S/C14H21N3O2/c1-14(2,3)19-13(18)17-7-6-10-4-5-12(16-15)8-11(10)9-17/h4-5,8,16H,6-7,9,15H2,1-3H3. The van der Waals surface area contributed by atoms with Crippen LogP contribution >= 0.6 is 0 Å². The summed E-state index contributed by atoms with van der Waals surface area (Å²) in [7, 11) is 0. The summed E-state index contributed by atoms with van der Waals surface area (Å²) in [5, 5.41) is 0. The van der Waals surface area contributed by atoms with E-state index in [2.05, 4.69) is 11.5 Å². The largest absolute Gasteiger partial charge is 0.444 e. The molecular weight excluding hydrogens is 242 g/mol. The Morgan fingerprint density at radius 3 is 2.74 bits per heavy atom. The highest BCUT2D eigenvalue weighted by molar-refractivity contribution is 5.69. The van der Waals surface area contributed by atoms with Crippen LogP contribution in [0.3, 0.4) is 0 Å². The normalized spacial score (nSPS) is 14.8. The number of nitrogen functional groups attached to an aromatic ring is 1. The zero-order valence-electron chi connectivity index (χ0n) is 11.7. The van der Waals surface area contributed by atoms with Gasteiger partial charge in [0.05, 0.1) is 0 Å². The van der Waals surface area contributed by atoms with Crippen molar-refractivity contribution in [3.05, 3.63) is 29.3 Å². The molecule has 1 heterocycles. The highest BCUT2D eigenvalue weighted by Gasteiger charge is 2.25. The van der Waals surface area contributed by atoms with Crippen LogP contribution in [0, 0.1) is 0 Å². The summed E-state index contributed by atoms with van der Waals surface area (Å²) < 4.78 is 5.40. The van der Waals surface area contributed by atoms with Crippen molar-refractivity contribution in [3.8, 4) is 0 Å². The smallest absolute Gasteiger partial charge is 0.410 e. The molecule has 0 atom stereocenters. The minimum absolute atomic E-state index is 0.260. The Balaban J connectivity index is 2.10. The number of ether oxygens (including phenoxy) is 1. The van der Waals surface area contributed by atoms with Gasteiger partial charge >= 0.3 is 6.09 Å². The molecule has 0 bridgehead atoms. The molecule has 0 saturated carbocycles. The Morgan fingerprint density at radius 1 is 1.37 bits per heavy atom. The lowest BCUT2D eigenvalue weighted by Gasteiger charge is -2.31. The van der Waals surface area contributed by atoms with Gasteiger partial charge in [0, 0.05) is 18.8 Å². The van der Waals surface area contributed by atoms with Crippen LogP contribution < -0.4 is 11.3 Å². The summed E-state index contributed by atoms with van der Waals surface area (Å²) >= 11 is 0. The van der Waals surface area contributed by atoms with Gasteiger partial charge in [-0.2, -0.15) is 0 Å². The molecule has 5 heteroatoms. The molecule has 1 aromatic carbocycles. The van der Waals surface area contributed by atoms with E-state index >= 15 is 0 Å². The van der Waals surface area contributed by atoms with Crippen molar-refractivity contribution in [2.24, 2.45) is 5.84 Å². The van der Waals surface area contributed by atoms with Crippen LogP contribution in [0.1, 0.15) is 31.9 Å². The molecule has 0 fully saturated rings. The van der Waals surface area contributed by atoms with Gasteiger partial charge in [0.2, 0.25) is 0 Å². The van der Waals surface area contributed by atoms with Crippen LogP contribution in [0.25, 0.3) is 0 Å². The second kappa shape index (κ2) is 5.09. The van der Waals surface area contributed by atoms with Crippen molar-refractivity contribution in [3.63, 3.8) is 0 Å². The highest BCUT2D eigenvalue weighted by Crippen LogP contribution is 2.23. The molecule has 0 aliphatic carbocycles. The van der Waals surface area contributed by atoms with Gasteiger partial charge in [-0.25, -0.2) is 4.79 Å². The molecule has 19 heavy (non-hydrogen) atoms. The van der Waals surface area contributed by atoms with Gasteiger partial charge in [-0.15, -0.1) is 0 Å². The van der Waals surface area contributed by atoms with E-state index in [1.165, 1.54) is 5.56 Å². The third kappa shape index (κ3) is 3.38. The van der Waals surface area contributed by atoms with Crippen LogP contribution in [0.15, 0.2) is 18.2 Å². The van der Waals surface area contributed by atoms with E-state index in [1.807, 2.05) is 32.9 Å². The zero-order chi connectivity index (χ0) is 14.0. The zero-order valence-corrected chi connectivity index (χ0v) is 11.7. The molecule has 5 nitrogen and oxygen atoms in total. The second-order valence-electron chi connectivity index (χ2n) is 5.78. The number of hydrogen-bond acceptors (Lipinski definition) is 4. The van der Waals surface area contributed by atoms with Gasteiger partial charge in [0.25, 0.3) is 0 Å². The number of amides is 1. The fourth-order valence-corrected chi connectivity index (χ4v) is 2.13. The average Bonchev–Trinajstić information content (AvgIpc) is 2.35. The number of nitrogens with zero attached hydrogens (tertiary/aromatic N) is 1. The van der Waals surface area contributed by atoms with E-state index in [4.69, 9.17) is 10.6 Å². The summed E-state index contributed by atoms with van der Waals surface area (Å²) in [5.74, 6) is 5.41. The first-order valence-corrected chi connectivity index (χ1v) is 6.45. The SMILES string of the molecule is CC(C)(C)OC(=O)N1CCc2ccc(NN)cc2C1. The van der Waals surface area contributed by atoms with E-state index in [1.54, 1.807) is 4.90 Å². The van der Waals surface area contributed by atoms with Gasteiger partial charge in [-0.3, -0.25) is 5.84 Å². The monoisotopic (exact) mass is 263 g/mol. The van der Waals surface area contributed by atoms with Crippen LogP contribution in [0.2, 0.25) is 0 Å². The minimum Gasteiger partial charge on any atom is -0.444 e. The molecule has 0 aromatic heterocycles. The number of nitrogens with one attached hydrogen (secondary N) is 1. The summed E-state index contributed by atoms with van der Waals surface area (Å²) in [6.45, 7) is 6.88. The topological polar surface area (TPSA) is 67.6 Å². The van der Waals surface area contributed by atoms with Crippen LogP contribution in [-0.4, -0.2) is 23.1 Å². The Labute approximate surface area is 113 Å². The summed E-state index contributed by atoms with van der Waals surface area (Å²) in [4.78, 5) is 13.8. The molecule has 104 valence electrons. The fourth-order valence-electron chi connectivity index (χ4n) is 2.13. The highest BCUT2D eigenvalue weighted by atomic mass is 16.6. The van der Waals surface area contributed by atoms with Crippen LogP contribution in [0.4, 0.5) is 10.5 Å². The molecule has 0 spiro atoms. The van der Waals surface area contributed by atoms with Crippen molar-refractivity contribution in [1.82, 2.24) is 4.90 Å². The molecule has 1 aromatic rings. The molecule has 0 saturated heterocycles. The summed E-state index contributed by atoms with van der Waals surface area (Å²) in [6.07, 6.45) is 0.587. The van der Waals surface area contributed by atoms with E-state index in [0.29, 0.717) is 13.1 Å². The van der Waals surface area contributed by atoms with Gasteiger partial charge < -0.3 is 15.1 Å². The Morgan fingerprint density at radius 2 is 2.11 bits per heavy atom. The molecule has 0 radical (unpaired) electrons. The van der Waals surface area contributed by atoms with E-state index < -0.39 is 5.60 Å². The van der Waals surface area contributed by atoms with Crippen molar-refractivity contribution in [2.45, 2.75) is 39.3 Å². The van der Waals surface area contributed by atoms with Gasteiger partial charge in [-0.05, 0) is 50.5 Å². The maximum atomic E-state index is 12.0. The second-order valence-corrected chi connectivity index (χ2v) is 5.78. The Kier molecular flexibility index (Phi) is 3.66. The minimum atomic E-state index is -0.460. The quantitative estimate of drug-likeness (QED) is 0.602. The van der Waals surface area contributed by atoms with E-state index in [0.717, 1.165) is 17.7 Å². The third-order valence-corrected chi connectivity index (χ3v) is 3.04. The molecule has 2 rings (SSSR count). The summed E-state index contributed by atoms with van der Waals surface area (Å²) in [6, 6.07) is 5.98. The molecule has 3 N–H and O–H groups in total. The van der Waals surface area contributed by atoms with E-state index in [9.17, 15) is 4.79 Å². The van der Waals surface area contributed by atoms with Crippen molar-refractivity contribution >= 4 is 11.8 Å². The number of benzene rings is 1. The van der Waals surface area contributed by atoms with Gasteiger partial charge in [-0.1, -0.05) is 6.07 Å². The fraction of sp³-hybridized carbons (Fsp3) is 0.500. The number of carbonyl (C=O) groups excluding carboxylic acids is 1. The number of carbonyl (C=O) groups is 1. The first-order valence-electron chi connectivity index (χ1n) is 6.45. The first kappa shape index (κ1) is 13.7. The first-order chi connectivity index (χ1) is 8.89. The van der Waals surface area contributed by atoms with Gasteiger partial charge in [0.1, 0.15) is 5.60 Å². The molecule has 1 aliphatic rings. The molecule has 0 unspecified atom stereocenters. The Bertz CT molecular complexity index is 480. The third-order valence-electron chi connectivity index (χ3n) is 3.04. The molecule has 1 aliphatic heterocycles. The molecule has 1 amide bonds. The Hall–Kier alpha value is -1.75. The number of nitrogens with two attached hydrogens (primary N) is 1. The lowest BCUT2D eigenvalue weighted by Crippen LogP contribution is -2.39. The number of hydrazine groups is 1. The predicted octanol–water partition coefficient (Wildman–Crippen LogP) is 2.27. The maximum Gasteiger partial charge on any atom is 0.410 e. The van der Waals surface area contributed by atoms with Crippen molar-refractivity contribution in [1.29, 1.82) is 0 Å². The maximum absolute atomic E-state index is 12.0. The molecular formula is C14H21N3O2. The van der Waals surface area contributed by atoms with Crippen molar-refractivity contribution < 1.29 is 9.53 Å². The lowest BCUT2D eigenvalue weighted by atomic mass is 9.99. The van der Waals surface area contributed by atoms with Crippen LogP contribution in [-0.2, 0) is 17.7 Å². The lowest BCUT2D eigenvalue weighted by molar-refractivity contribution is 0.0224. The number of hydrogen-bond donors (Lipinski definition) is 2. The van der Waals surface area contributed by atoms with E-state index in [-0.39, 0.29) is 6.09 Å².